The van der Waals surface area contributed by atoms with Crippen LogP contribution in [0.5, 0.6) is 0 Å². The number of carbonyl (C=O) groups is 4. The molecule has 1 aromatic heterocycles. The van der Waals surface area contributed by atoms with Crippen molar-refractivity contribution in [2.45, 2.75) is 124 Å². The topological polar surface area (TPSA) is 159 Å². The van der Waals surface area contributed by atoms with Gasteiger partial charge in [0.1, 0.15) is 12.1 Å². The summed E-state index contributed by atoms with van der Waals surface area (Å²) in [6, 6.07) is 13.8. The fourth-order valence-corrected chi connectivity index (χ4v) is 8.77. The number of amides is 4. The molecule has 4 atom stereocenters. The number of carbonyl (C=O) groups excluding carboxylic acids is 4. The molecule has 0 unspecified atom stereocenters. The molecule has 5 rings (SSSR count). The van der Waals surface area contributed by atoms with E-state index >= 15 is 0 Å². The van der Waals surface area contributed by atoms with E-state index in [2.05, 4.69) is 43.2 Å². The molecular formula is C46H68N8O5S. The number of aliphatic hydroxyl groups is 1. The summed E-state index contributed by atoms with van der Waals surface area (Å²) in [5.41, 5.74) is 11.8. The van der Waals surface area contributed by atoms with Crippen molar-refractivity contribution < 1.29 is 24.3 Å². The second-order valence-electron chi connectivity index (χ2n) is 17.5. The molecule has 2 aromatic carbocycles. The normalized spacial score (nSPS) is 18.2. The number of nitrogens with one attached hydrogen (secondary N) is 4. The van der Waals surface area contributed by atoms with Gasteiger partial charge in [-0.1, -0.05) is 77.6 Å². The summed E-state index contributed by atoms with van der Waals surface area (Å²) in [4.78, 5) is 65.2. The summed E-state index contributed by atoms with van der Waals surface area (Å²) < 4.78 is 0. The second kappa shape index (κ2) is 22.5. The van der Waals surface area contributed by atoms with Crippen molar-refractivity contribution >= 4 is 40.7 Å². The number of hydrogen-bond acceptors (Lipinski definition) is 10. The summed E-state index contributed by atoms with van der Waals surface area (Å²) in [7, 11) is 0. The van der Waals surface area contributed by atoms with E-state index in [-0.39, 0.29) is 42.6 Å². The highest BCUT2D eigenvalue weighted by Gasteiger charge is 2.44. The number of unbranched alkanes of at least 4 members (excludes halogenated alkanes) is 5. The number of hydrazine groups is 1. The molecule has 2 saturated heterocycles. The molecule has 4 amide bonds. The van der Waals surface area contributed by atoms with Crippen LogP contribution in [0.1, 0.15) is 120 Å². The molecule has 0 aliphatic carbocycles. The molecule has 2 fully saturated rings. The molecule has 0 saturated carbocycles. The zero-order valence-corrected chi connectivity index (χ0v) is 37.4. The van der Waals surface area contributed by atoms with E-state index in [4.69, 9.17) is 0 Å². The summed E-state index contributed by atoms with van der Waals surface area (Å²) in [6.07, 6.45) is 6.80. The largest absolute Gasteiger partial charge is 0.391 e. The molecule has 328 valence electrons. The molecule has 0 spiro atoms. The van der Waals surface area contributed by atoms with E-state index in [1.807, 2.05) is 88.7 Å². The molecule has 2 aliphatic rings. The smallest absolute Gasteiger partial charge is 0.265 e. The molecule has 3 aromatic rings. The minimum atomic E-state index is -0.850. The number of benzene rings is 2. The van der Waals surface area contributed by atoms with E-state index in [0.717, 1.165) is 92.3 Å². The Morgan fingerprint density at radius 3 is 2.25 bits per heavy atom. The Bertz CT molecular complexity index is 1840. The van der Waals surface area contributed by atoms with Crippen LogP contribution in [-0.2, 0) is 14.4 Å². The third kappa shape index (κ3) is 13.3. The van der Waals surface area contributed by atoms with Crippen LogP contribution in [0.3, 0.4) is 0 Å². The van der Waals surface area contributed by atoms with E-state index < -0.39 is 23.6 Å². The minimum absolute atomic E-state index is 0.0349. The van der Waals surface area contributed by atoms with Crippen LogP contribution in [0.2, 0.25) is 0 Å². The summed E-state index contributed by atoms with van der Waals surface area (Å²) >= 11 is 1.59. The number of aromatic nitrogens is 1. The first kappa shape index (κ1) is 46.7. The van der Waals surface area contributed by atoms with Crippen LogP contribution >= 0.6 is 11.3 Å². The van der Waals surface area contributed by atoms with Gasteiger partial charge in [0.2, 0.25) is 17.7 Å². The third-order valence-electron chi connectivity index (χ3n) is 11.7. The van der Waals surface area contributed by atoms with Gasteiger partial charge in [-0.05, 0) is 80.5 Å². The van der Waals surface area contributed by atoms with Crippen molar-refractivity contribution in [2.24, 2.45) is 5.41 Å². The van der Waals surface area contributed by atoms with E-state index in [1.165, 1.54) is 17.7 Å². The average Bonchev–Trinajstić information content (AvgIpc) is 3.85. The van der Waals surface area contributed by atoms with Crippen LogP contribution in [-0.4, -0.2) is 108 Å². The Hall–Kier alpha value is -4.37. The van der Waals surface area contributed by atoms with Crippen molar-refractivity contribution in [3.05, 3.63) is 70.9 Å². The molecule has 2 aliphatic heterocycles. The molecule has 14 heteroatoms. The lowest BCUT2D eigenvalue weighted by atomic mass is 9.85. The zero-order valence-electron chi connectivity index (χ0n) is 36.6. The van der Waals surface area contributed by atoms with Crippen molar-refractivity contribution in [3.63, 3.8) is 0 Å². The number of β-amino-alcohol motifs (C(OH)–C–C–N with tert-alkyl or cyclic N) is 1. The van der Waals surface area contributed by atoms with E-state index in [1.54, 1.807) is 11.3 Å². The van der Waals surface area contributed by atoms with Crippen LogP contribution < -0.4 is 26.4 Å². The number of nitrogens with zero attached hydrogens (tertiary/aromatic N) is 4. The summed E-state index contributed by atoms with van der Waals surface area (Å²) in [6.45, 7) is 17.3. The quantitative estimate of drug-likeness (QED) is 0.0681. The number of thiazole rings is 1. The number of likely N-dealkylation sites (tertiary alicyclic amines) is 1. The highest BCUT2D eigenvalue weighted by Crippen LogP contribution is 2.30. The first-order valence-electron chi connectivity index (χ1n) is 21.9. The van der Waals surface area contributed by atoms with Gasteiger partial charge in [0.15, 0.2) is 0 Å². The molecular weight excluding hydrogens is 777 g/mol. The van der Waals surface area contributed by atoms with Gasteiger partial charge >= 0.3 is 0 Å². The van der Waals surface area contributed by atoms with Gasteiger partial charge in [-0.15, -0.1) is 11.3 Å². The Labute approximate surface area is 361 Å². The number of aryl methyl sites for hydroxylation is 1. The number of rotatable bonds is 20. The van der Waals surface area contributed by atoms with Crippen LogP contribution in [0, 0.1) is 12.3 Å². The molecule has 0 bridgehead atoms. The predicted octanol–water partition coefficient (Wildman–Crippen LogP) is 5.99. The Kier molecular flexibility index (Phi) is 17.5. The summed E-state index contributed by atoms with van der Waals surface area (Å²) in [5.74, 6) is -0.991. The maximum atomic E-state index is 14.1. The molecule has 60 heavy (non-hydrogen) atoms. The van der Waals surface area contributed by atoms with Gasteiger partial charge in [-0.3, -0.25) is 29.5 Å². The van der Waals surface area contributed by atoms with E-state index in [0.29, 0.717) is 18.4 Å². The van der Waals surface area contributed by atoms with Gasteiger partial charge in [-0.25, -0.2) is 10.4 Å². The van der Waals surface area contributed by atoms with Gasteiger partial charge in [0.25, 0.3) is 5.91 Å². The zero-order chi connectivity index (χ0) is 43.2. The van der Waals surface area contributed by atoms with Crippen LogP contribution in [0.4, 0.5) is 5.69 Å². The average molecular weight is 845 g/mol. The SMILES string of the molecule is CCCCCCNNC(=O)c1ccc(N2CCN(CCCCCC(=O)N[C@H](C(=O)N3C[C@H](O)C[C@H]3C(=O)N[C@@H](C)c3ccc(-c4scnc4C)cc3)C(C)(C)C)CC2)cc1. The van der Waals surface area contributed by atoms with Gasteiger partial charge < -0.3 is 25.5 Å². The third-order valence-corrected chi connectivity index (χ3v) is 12.6. The Morgan fingerprint density at radius 2 is 1.60 bits per heavy atom. The van der Waals surface area contributed by atoms with Crippen molar-refractivity contribution in [1.29, 1.82) is 0 Å². The molecule has 3 heterocycles. The number of hydrogen-bond donors (Lipinski definition) is 5. The first-order valence-corrected chi connectivity index (χ1v) is 22.8. The predicted molar refractivity (Wildman–Crippen MR) is 240 cm³/mol. The Balaban J connectivity index is 1.01. The highest BCUT2D eigenvalue weighted by atomic mass is 32.1. The lowest BCUT2D eigenvalue weighted by molar-refractivity contribution is -0.144. The maximum absolute atomic E-state index is 14.1. The fourth-order valence-electron chi connectivity index (χ4n) is 7.95. The number of piperazine rings is 1. The number of anilines is 1. The minimum Gasteiger partial charge on any atom is -0.391 e. The van der Waals surface area contributed by atoms with Crippen molar-refractivity contribution in [3.8, 4) is 10.4 Å². The molecule has 5 N–H and O–H groups in total. The highest BCUT2D eigenvalue weighted by molar-refractivity contribution is 7.13. The fraction of sp³-hybridized carbons (Fsp3) is 0.587. The Morgan fingerprint density at radius 1 is 0.900 bits per heavy atom. The van der Waals surface area contributed by atoms with Crippen LogP contribution in [0.25, 0.3) is 10.4 Å². The first-order chi connectivity index (χ1) is 28.7. The standard InChI is InChI=1S/C46H68N8O5S/c1-7-8-9-12-23-48-51-43(57)36-19-21-37(22-20-36)53-27-25-52(26-28-53)24-13-10-11-14-40(56)50-42(46(4,5)6)45(59)54-30-38(55)29-39(54)44(58)49-32(2)34-15-17-35(18-16-34)41-33(3)47-31-60-41/h15-22,31-32,38-39,42,48,55H,7-14,23-30H2,1-6H3,(H,49,58)(H,50,56)(H,51,57)/t32-,38+,39-,42+/m0/s1. The van der Waals surface area contributed by atoms with Crippen molar-refractivity contribution in [1.82, 2.24) is 36.3 Å². The number of aliphatic hydroxyl groups excluding tert-OH is 1. The lowest BCUT2D eigenvalue weighted by Crippen LogP contribution is -2.57. The van der Waals surface area contributed by atoms with Crippen molar-refractivity contribution in [2.75, 3.05) is 50.7 Å². The maximum Gasteiger partial charge on any atom is 0.265 e. The van der Waals surface area contributed by atoms with Gasteiger partial charge in [0.05, 0.1) is 28.2 Å². The molecule has 0 radical (unpaired) electrons. The van der Waals surface area contributed by atoms with Gasteiger partial charge in [0, 0.05) is 63.4 Å². The van der Waals surface area contributed by atoms with Crippen LogP contribution in [0.15, 0.2) is 54.0 Å². The monoisotopic (exact) mass is 845 g/mol. The summed E-state index contributed by atoms with van der Waals surface area (Å²) in [5, 5.41) is 16.7. The van der Waals surface area contributed by atoms with Gasteiger partial charge in [-0.2, -0.15) is 0 Å². The second-order valence-corrected chi connectivity index (χ2v) is 18.4. The van der Waals surface area contributed by atoms with E-state index in [9.17, 15) is 24.3 Å². The lowest BCUT2D eigenvalue weighted by Gasteiger charge is -2.36. The molecule has 13 nitrogen and oxygen atoms in total.